The molecule has 2 aromatic carbocycles. The van der Waals surface area contributed by atoms with Crippen molar-refractivity contribution in [2.75, 3.05) is 5.43 Å². The number of anilines is 1. The van der Waals surface area contributed by atoms with Crippen molar-refractivity contribution in [2.24, 2.45) is 0 Å². The van der Waals surface area contributed by atoms with Crippen LogP contribution in [0.2, 0.25) is 0 Å². The standard InChI is InChI=1S/C14H13F3N2O2/c15-14(16,17)21-12-7-6-10(13(20)8-12)9-18-19-11-4-2-1-3-5-11/h1-8,18-20H,9H2. The van der Waals surface area contributed by atoms with Gasteiger partial charge in [-0.25, -0.2) is 5.43 Å². The summed E-state index contributed by atoms with van der Waals surface area (Å²) in [4.78, 5) is 0. The molecule has 0 aromatic heterocycles. The quantitative estimate of drug-likeness (QED) is 0.740. The lowest BCUT2D eigenvalue weighted by molar-refractivity contribution is -0.274. The lowest BCUT2D eigenvalue weighted by Gasteiger charge is -2.12. The highest BCUT2D eigenvalue weighted by Crippen LogP contribution is 2.28. The molecular formula is C14H13F3N2O2. The second-order valence-electron chi connectivity index (χ2n) is 4.18. The third-order valence-corrected chi connectivity index (χ3v) is 2.58. The normalized spacial score (nSPS) is 11.2. The fraction of sp³-hybridized carbons (Fsp3) is 0.143. The zero-order valence-electron chi connectivity index (χ0n) is 10.8. The molecule has 0 amide bonds. The van der Waals surface area contributed by atoms with E-state index in [1.54, 1.807) is 0 Å². The Labute approximate surface area is 119 Å². The van der Waals surface area contributed by atoms with Crippen molar-refractivity contribution in [3.63, 3.8) is 0 Å². The molecule has 0 unspecified atom stereocenters. The predicted octanol–water partition coefficient (Wildman–Crippen LogP) is 3.41. The van der Waals surface area contributed by atoms with Crippen LogP contribution in [0.4, 0.5) is 18.9 Å². The van der Waals surface area contributed by atoms with E-state index in [0.717, 1.165) is 17.8 Å². The molecule has 0 radical (unpaired) electrons. The van der Waals surface area contributed by atoms with Crippen LogP contribution in [-0.2, 0) is 6.54 Å². The average molecular weight is 298 g/mol. The number of halogens is 3. The maximum absolute atomic E-state index is 12.0. The van der Waals surface area contributed by atoms with E-state index in [4.69, 9.17) is 0 Å². The molecule has 112 valence electrons. The molecule has 21 heavy (non-hydrogen) atoms. The van der Waals surface area contributed by atoms with Crippen molar-refractivity contribution < 1.29 is 23.0 Å². The van der Waals surface area contributed by atoms with Crippen LogP contribution in [0.5, 0.6) is 11.5 Å². The number of rotatable bonds is 5. The molecule has 0 spiro atoms. The largest absolute Gasteiger partial charge is 0.573 e. The molecule has 3 N–H and O–H groups in total. The zero-order valence-corrected chi connectivity index (χ0v) is 10.8. The molecule has 2 rings (SSSR count). The van der Waals surface area contributed by atoms with Crippen molar-refractivity contribution in [1.29, 1.82) is 0 Å². The molecule has 0 bridgehead atoms. The molecule has 0 aliphatic carbocycles. The van der Waals surface area contributed by atoms with E-state index in [2.05, 4.69) is 15.6 Å². The highest BCUT2D eigenvalue weighted by molar-refractivity contribution is 5.42. The first-order valence-corrected chi connectivity index (χ1v) is 6.05. The predicted molar refractivity (Wildman–Crippen MR) is 71.7 cm³/mol. The summed E-state index contributed by atoms with van der Waals surface area (Å²) in [5.41, 5.74) is 7.02. The van der Waals surface area contributed by atoms with E-state index >= 15 is 0 Å². The molecule has 4 nitrogen and oxygen atoms in total. The van der Waals surface area contributed by atoms with Gasteiger partial charge in [-0.15, -0.1) is 13.2 Å². The molecule has 0 aliphatic heterocycles. The van der Waals surface area contributed by atoms with Crippen molar-refractivity contribution in [3.8, 4) is 11.5 Å². The molecule has 2 aromatic rings. The van der Waals surface area contributed by atoms with Crippen LogP contribution in [-0.4, -0.2) is 11.5 Å². The van der Waals surface area contributed by atoms with Crippen LogP contribution >= 0.6 is 0 Å². The Morgan fingerprint density at radius 2 is 1.76 bits per heavy atom. The second kappa shape index (κ2) is 6.36. The van der Waals surface area contributed by atoms with Gasteiger partial charge in [-0.05, 0) is 18.2 Å². The van der Waals surface area contributed by atoms with E-state index in [9.17, 15) is 18.3 Å². The summed E-state index contributed by atoms with van der Waals surface area (Å²) in [7, 11) is 0. The number of nitrogens with one attached hydrogen (secondary N) is 2. The van der Waals surface area contributed by atoms with Crippen molar-refractivity contribution in [1.82, 2.24) is 5.43 Å². The highest BCUT2D eigenvalue weighted by atomic mass is 19.4. The smallest absolute Gasteiger partial charge is 0.507 e. The number of alkyl halides is 3. The van der Waals surface area contributed by atoms with Gasteiger partial charge >= 0.3 is 6.36 Å². The van der Waals surface area contributed by atoms with Crippen LogP contribution in [0.3, 0.4) is 0 Å². The number of phenolic OH excluding ortho intramolecular Hbond substituents is 1. The van der Waals surface area contributed by atoms with Crippen LogP contribution in [0.25, 0.3) is 0 Å². The Bertz CT molecular complexity index is 589. The maximum Gasteiger partial charge on any atom is 0.573 e. The number of aromatic hydroxyl groups is 1. The van der Waals surface area contributed by atoms with E-state index in [0.29, 0.717) is 5.56 Å². The van der Waals surface area contributed by atoms with Crippen LogP contribution in [0, 0.1) is 0 Å². The summed E-state index contributed by atoms with van der Waals surface area (Å²) < 4.78 is 39.8. The van der Waals surface area contributed by atoms with Gasteiger partial charge in [0.15, 0.2) is 0 Å². The topological polar surface area (TPSA) is 53.5 Å². The third kappa shape index (κ3) is 4.88. The van der Waals surface area contributed by atoms with Gasteiger partial charge in [0.25, 0.3) is 0 Å². The number of phenols is 1. The molecule has 0 fully saturated rings. The van der Waals surface area contributed by atoms with Gasteiger partial charge in [0.05, 0.1) is 0 Å². The number of hydrogen-bond acceptors (Lipinski definition) is 4. The molecular weight excluding hydrogens is 285 g/mol. The Morgan fingerprint density at radius 3 is 2.38 bits per heavy atom. The molecule has 0 aliphatic rings. The van der Waals surface area contributed by atoms with E-state index in [-0.39, 0.29) is 12.3 Å². The van der Waals surface area contributed by atoms with Gasteiger partial charge < -0.3 is 15.3 Å². The third-order valence-electron chi connectivity index (χ3n) is 2.58. The van der Waals surface area contributed by atoms with Crippen LogP contribution < -0.4 is 15.6 Å². The molecule has 0 heterocycles. The van der Waals surface area contributed by atoms with Gasteiger partial charge in [-0.3, -0.25) is 0 Å². The number of para-hydroxylation sites is 1. The lowest BCUT2D eigenvalue weighted by Crippen LogP contribution is -2.21. The summed E-state index contributed by atoms with van der Waals surface area (Å²) in [6, 6.07) is 12.7. The Balaban J connectivity index is 1.92. The van der Waals surface area contributed by atoms with Crippen molar-refractivity contribution in [2.45, 2.75) is 12.9 Å². The first-order chi connectivity index (χ1) is 9.94. The Morgan fingerprint density at radius 1 is 1.05 bits per heavy atom. The second-order valence-corrected chi connectivity index (χ2v) is 4.18. The van der Waals surface area contributed by atoms with Crippen LogP contribution in [0.15, 0.2) is 48.5 Å². The first-order valence-electron chi connectivity index (χ1n) is 6.05. The van der Waals surface area contributed by atoms with Gasteiger partial charge in [-0.1, -0.05) is 24.3 Å². The molecule has 0 saturated heterocycles. The Kier molecular flexibility index (Phi) is 4.54. The number of ether oxygens (including phenoxy) is 1. The van der Waals surface area contributed by atoms with E-state index in [1.165, 1.54) is 6.07 Å². The lowest BCUT2D eigenvalue weighted by atomic mass is 10.2. The summed E-state index contributed by atoms with van der Waals surface area (Å²) in [6.45, 7) is 0.229. The van der Waals surface area contributed by atoms with Gasteiger partial charge in [-0.2, -0.15) is 0 Å². The summed E-state index contributed by atoms with van der Waals surface area (Å²) in [5.74, 6) is -0.737. The summed E-state index contributed by atoms with van der Waals surface area (Å²) in [6.07, 6.45) is -4.78. The monoisotopic (exact) mass is 298 g/mol. The number of hydrogen-bond donors (Lipinski definition) is 3. The summed E-state index contributed by atoms with van der Waals surface area (Å²) >= 11 is 0. The molecule has 0 atom stereocenters. The fourth-order valence-corrected chi connectivity index (χ4v) is 1.65. The molecule has 7 heteroatoms. The average Bonchev–Trinajstić information content (AvgIpc) is 2.41. The van der Waals surface area contributed by atoms with Crippen molar-refractivity contribution in [3.05, 3.63) is 54.1 Å². The minimum Gasteiger partial charge on any atom is -0.507 e. The van der Waals surface area contributed by atoms with Gasteiger partial charge in [0.1, 0.15) is 11.5 Å². The Hall–Kier alpha value is -2.41. The minimum atomic E-state index is -4.78. The first kappa shape index (κ1) is 15.0. The van der Waals surface area contributed by atoms with Gasteiger partial charge in [0, 0.05) is 23.9 Å². The highest BCUT2D eigenvalue weighted by Gasteiger charge is 2.31. The zero-order chi connectivity index (χ0) is 15.3. The number of benzene rings is 2. The number of hydrazine groups is 1. The minimum absolute atomic E-state index is 0.229. The van der Waals surface area contributed by atoms with Crippen LogP contribution in [0.1, 0.15) is 5.56 Å². The SMILES string of the molecule is Oc1cc(OC(F)(F)F)ccc1CNNc1ccccc1. The maximum atomic E-state index is 12.0. The fourth-order valence-electron chi connectivity index (χ4n) is 1.65. The summed E-state index contributed by atoms with van der Waals surface area (Å²) in [5, 5.41) is 9.67. The van der Waals surface area contributed by atoms with E-state index in [1.807, 2.05) is 30.3 Å². The van der Waals surface area contributed by atoms with E-state index < -0.39 is 12.1 Å². The van der Waals surface area contributed by atoms with Gasteiger partial charge in [0.2, 0.25) is 0 Å². The molecule has 0 saturated carbocycles. The van der Waals surface area contributed by atoms with Crippen molar-refractivity contribution >= 4 is 5.69 Å².